The first-order valence-corrected chi connectivity index (χ1v) is 10.5. The summed E-state index contributed by atoms with van der Waals surface area (Å²) < 4.78 is 25.8. The quantitative estimate of drug-likeness (QED) is 0.779. The Balaban J connectivity index is 1.96. The summed E-state index contributed by atoms with van der Waals surface area (Å²) in [5, 5.41) is 15.1. The Hall–Kier alpha value is -2.09. The topological polar surface area (TPSA) is 88.9 Å². The van der Waals surface area contributed by atoms with Crippen LogP contribution in [0.5, 0.6) is 0 Å². The average Bonchev–Trinajstić information content (AvgIpc) is 3.02. The summed E-state index contributed by atoms with van der Waals surface area (Å²) in [6.07, 6.45) is 1.86. The normalized spacial score (nSPS) is 20.9. The van der Waals surface area contributed by atoms with E-state index in [2.05, 4.69) is 10.1 Å². The number of hydrogen-bond acceptors (Lipinski definition) is 6. The van der Waals surface area contributed by atoms with Crippen LogP contribution in [0.25, 0.3) is 10.7 Å². The number of aromatic nitrogens is 1. The Labute approximate surface area is 166 Å². The van der Waals surface area contributed by atoms with Crippen molar-refractivity contribution in [2.24, 2.45) is 5.16 Å². The minimum atomic E-state index is -3.83. The largest absolute Gasteiger partial charge is 0.504 e. The number of sulfone groups is 1. The molecule has 0 saturated carbocycles. The molecule has 2 aliphatic heterocycles. The molecular formula is C18H14Cl2N2O4S. The van der Waals surface area contributed by atoms with E-state index in [1.165, 1.54) is 18.3 Å². The van der Waals surface area contributed by atoms with Crippen molar-refractivity contribution >= 4 is 49.4 Å². The van der Waals surface area contributed by atoms with Crippen LogP contribution in [0.3, 0.4) is 0 Å². The number of benzene rings is 1. The monoisotopic (exact) mass is 424 g/mol. The Morgan fingerprint density at radius 1 is 1.26 bits per heavy atom. The molecule has 3 heterocycles. The van der Waals surface area contributed by atoms with Gasteiger partial charge in [-0.05, 0) is 24.6 Å². The number of fused-ring (bicyclic) bond motifs is 1. The van der Waals surface area contributed by atoms with Crippen LogP contribution in [0, 0.1) is 0 Å². The molecule has 1 atom stereocenters. The number of rotatable bonds is 2. The van der Waals surface area contributed by atoms with Crippen molar-refractivity contribution in [3.63, 3.8) is 0 Å². The van der Waals surface area contributed by atoms with Gasteiger partial charge in [-0.25, -0.2) is 8.42 Å². The third kappa shape index (κ3) is 2.99. The summed E-state index contributed by atoms with van der Waals surface area (Å²) >= 11 is 12.8. The molecular weight excluding hydrogens is 411 g/mol. The van der Waals surface area contributed by atoms with Gasteiger partial charge in [-0.1, -0.05) is 40.5 Å². The fourth-order valence-corrected chi connectivity index (χ4v) is 5.66. The maximum Gasteiger partial charge on any atom is 0.186 e. The van der Waals surface area contributed by atoms with Crippen molar-refractivity contribution in [3.8, 4) is 0 Å². The van der Waals surface area contributed by atoms with E-state index in [-0.39, 0.29) is 33.0 Å². The van der Waals surface area contributed by atoms with Crippen LogP contribution in [0.1, 0.15) is 35.7 Å². The Morgan fingerprint density at radius 2 is 2.04 bits per heavy atom. The molecule has 140 valence electrons. The van der Waals surface area contributed by atoms with Crippen molar-refractivity contribution in [2.75, 3.05) is 0 Å². The van der Waals surface area contributed by atoms with Crippen LogP contribution in [0.2, 0.25) is 10.0 Å². The zero-order valence-electron chi connectivity index (χ0n) is 14.1. The minimum absolute atomic E-state index is 0.100. The minimum Gasteiger partial charge on any atom is -0.504 e. The molecule has 0 fully saturated rings. The van der Waals surface area contributed by atoms with Crippen molar-refractivity contribution < 1.29 is 18.4 Å². The number of oxime groups is 1. The van der Waals surface area contributed by atoms with E-state index in [4.69, 9.17) is 28.0 Å². The van der Waals surface area contributed by atoms with Gasteiger partial charge in [0.25, 0.3) is 0 Å². The number of hydrogen-bond donors (Lipinski definition) is 1. The fraction of sp³-hybridized carbons (Fsp3) is 0.222. The van der Waals surface area contributed by atoms with Gasteiger partial charge in [0.2, 0.25) is 0 Å². The molecule has 2 aliphatic rings. The van der Waals surface area contributed by atoms with Gasteiger partial charge >= 0.3 is 0 Å². The standard InChI is InChI=1S/C18H14Cl2N2O4S/c1-9-7-13(22-26-9)14-12(19)5-4-11(15(14)20)18-17(23)16-10(3-2-6-21-16)8-27(18,24)25/h2-6,9,23H,7-8H2,1H3. The molecule has 6 nitrogen and oxygen atoms in total. The average molecular weight is 425 g/mol. The second-order valence-electron chi connectivity index (χ2n) is 6.39. The molecule has 0 radical (unpaired) electrons. The summed E-state index contributed by atoms with van der Waals surface area (Å²) in [7, 11) is -3.83. The molecule has 27 heavy (non-hydrogen) atoms. The van der Waals surface area contributed by atoms with Crippen molar-refractivity contribution in [1.29, 1.82) is 0 Å². The van der Waals surface area contributed by atoms with Crippen LogP contribution in [-0.4, -0.2) is 30.3 Å². The maximum absolute atomic E-state index is 12.9. The Kier molecular flexibility index (Phi) is 4.41. The lowest BCUT2D eigenvalue weighted by Crippen LogP contribution is -2.17. The molecule has 0 amide bonds. The Bertz CT molecular complexity index is 1130. The van der Waals surface area contributed by atoms with Gasteiger partial charge in [0.1, 0.15) is 16.7 Å². The highest BCUT2D eigenvalue weighted by Crippen LogP contribution is 2.42. The van der Waals surface area contributed by atoms with E-state index in [0.717, 1.165) is 0 Å². The van der Waals surface area contributed by atoms with Gasteiger partial charge < -0.3 is 9.94 Å². The fourth-order valence-electron chi connectivity index (χ4n) is 3.24. The lowest BCUT2D eigenvalue weighted by Gasteiger charge is -2.21. The SMILES string of the molecule is CC1CC(c2c(Cl)ccc(C3=C(O)c4ncccc4CS3(=O)=O)c2Cl)=NO1. The highest BCUT2D eigenvalue weighted by atomic mass is 35.5. The van der Waals surface area contributed by atoms with Gasteiger partial charge in [0.15, 0.2) is 15.6 Å². The highest BCUT2D eigenvalue weighted by Gasteiger charge is 2.35. The molecule has 1 N–H and O–H groups in total. The maximum atomic E-state index is 12.9. The van der Waals surface area contributed by atoms with E-state index in [1.807, 2.05) is 6.92 Å². The molecule has 0 bridgehead atoms. The van der Waals surface area contributed by atoms with Gasteiger partial charge in [-0.15, -0.1) is 0 Å². The summed E-state index contributed by atoms with van der Waals surface area (Å²) in [5.41, 5.74) is 1.76. The first kappa shape index (κ1) is 18.3. The van der Waals surface area contributed by atoms with Crippen LogP contribution in [0.15, 0.2) is 35.6 Å². The number of nitrogens with zero attached hydrogens (tertiary/aromatic N) is 2. The zero-order chi connectivity index (χ0) is 19.3. The van der Waals surface area contributed by atoms with Crippen molar-refractivity contribution in [2.45, 2.75) is 25.2 Å². The third-order valence-electron chi connectivity index (χ3n) is 4.44. The van der Waals surface area contributed by atoms with Gasteiger partial charge in [-0.3, -0.25) is 4.98 Å². The number of aliphatic hydroxyl groups excluding tert-OH is 1. The smallest absolute Gasteiger partial charge is 0.186 e. The number of halogens is 2. The van der Waals surface area contributed by atoms with E-state index in [0.29, 0.717) is 28.3 Å². The molecule has 0 spiro atoms. The Morgan fingerprint density at radius 3 is 2.74 bits per heavy atom. The van der Waals surface area contributed by atoms with E-state index in [9.17, 15) is 13.5 Å². The molecule has 2 aromatic rings. The summed E-state index contributed by atoms with van der Waals surface area (Å²) in [6, 6.07) is 6.26. The highest BCUT2D eigenvalue weighted by molar-refractivity contribution is 8.00. The van der Waals surface area contributed by atoms with E-state index >= 15 is 0 Å². The van der Waals surface area contributed by atoms with Gasteiger partial charge in [-0.2, -0.15) is 0 Å². The molecule has 1 unspecified atom stereocenters. The van der Waals surface area contributed by atoms with Crippen molar-refractivity contribution in [3.05, 3.63) is 62.9 Å². The first-order valence-electron chi connectivity index (χ1n) is 8.11. The summed E-state index contributed by atoms with van der Waals surface area (Å²) in [6.45, 7) is 1.85. The molecule has 9 heteroatoms. The molecule has 1 aromatic heterocycles. The van der Waals surface area contributed by atoms with E-state index < -0.39 is 15.6 Å². The summed E-state index contributed by atoms with van der Waals surface area (Å²) in [4.78, 5) is 9.06. The molecule has 1 aromatic carbocycles. The number of aliphatic hydroxyl groups is 1. The molecule has 0 aliphatic carbocycles. The molecule has 0 saturated heterocycles. The molecule has 4 rings (SSSR count). The van der Waals surface area contributed by atoms with E-state index in [1.54, 1.807) is 12.1 Å². The number of pyridine rings is 1. The third-order valence-corrected chi connectivity index (χ3v) is 6.87. The van der Waals surface area contributed by atoms with Gasteiger partial charge in [0, 0.05) is 23.7 Å². The van der Waals surface area contributed by atoms with Crippen LogP contribution in [-0.2, 0) is 20.4 Å². The van der Waals surface area contributed by atoms with Gasteiger partial charge in [0.05, 0.1) is 21.5 Å². The summed E-state index contributed by atoms with van der Waals surface area (Å²) in [5.74, 6) is -0.699. The predicted octanol–water partition coefficient (Wildman–Crippen LogP) is 4.21. The zero-order valence-corrected chi connectivity index (χ0v) is 16.4. The van der Waals surface area contributed by atoms with Crippen LogP contribution >= 0.6 is 23.2 Å². The second kappa shape index (κ2) is 6.51. The van der Waals surface area contributed by atoms with Crippen LogP contribution < -0.4 is 0 Å². The predicted molar refractivity (Wildman–Crippen MR) is 104 cm³/mol. The second-order valence-corrected chi connectivity index (χ2v) is 9.10. The lowest BCUT2D eigenvalue weighted by molar-refractivity contribution is 0.0995. The van der Waals surface area contributed by atoms with Crippen LogP contribution in [0.4, 0.5) is 0 Å². The first-order chi connectivity index (χ1) is 12.8. The van der Waals surface area contributed by atoms with Crippen molar-refractivity contribution in [1.82, 2.24) is 4.98 Å². The lowest BCUT2D eigenvalue weighted by atomic mass is 10.0.